The number of benzene rings is 2. The number of hydrogen-bond donors (Lipinski definition) is 0. The van der Waals surface area contributed by atoms with Gasteiger partial charge < -0.3 is 14.4 Å². The number of hydrogen-bond acceptors (Lipinski definition) is 4. The number of carbonyl (C=O) groups is 2. The summed E-state index contributed by atoms with van der Waals surface area (Å²) in [6.07, 6.45) is 4.13. The zero-order chi connectivity index (χ0) is 18.5. The van der Waals surface area contributed by atoms with Crippen molar-refractivity contribution in [3.8, 4) is 5.75 Å². The van der Waals surface area contributed by atoms with Gasteiger partial charge in [-0.1, -0.05) is 31.2 Å². The van der Waals surface area contributed by atoms with Crippen molar-refractivity contribution < 1.29 is 19.1 Å². The number of likely N-dealkylation sites (tertiary alicyclic amines) is 1. The van der Waals surface area contributed by atoms with Crippen LogP contribution in [0.2, 0.25) is 0 Å². The molecular formula is C21H25NO4. The van der Waals surface area contributed by atoms with Gasteiger partial charge in [0.1, 0.15) is 5.75 Å². The average Bonchev–Trinajstić information content (AvgIpc) is 2.70. The summed E-state index contributed by atoms with van der Waals surface area (Å²) in [5.74, 6) is 0.109. The number of ether oxygens (including phenoxy) is 2. The fourth-order valence-corrected chi connectivity index (χ4v) is 3.67. The second-order valence-corrected chi connectivity index (χ2v) is 6.58. The van der Waals surface area contributed by atoms with Crippen molar-refractivity contribution in [2.24, 2.45) is 0 Å². The first-order valence-corrected chi connectivity index (χ1v) is 9.18. The molecular weight excluding hydrogens is 330 g/mol. The Bertz CT molecular complexity index is 802. The Labute approximate surface area is 153 Å². The summed E-state index contributed by atoms with van der Waals surface area (Å²) in [7, 11) is 1.60. The molecule has 0 aliphatic carbocycles. The van der Waals surface area contributed by atoms with Crippen molar-refractivity contribution in [2.45, 2.75) is 38.6 Å². The third kappa shape index (κ3) is 3.66. The second kappa shape index (κ2) is 8.21. The molecule has 2 aromatic carbocycles. The van der Waals surface area contributed by atoms with Gasteiger partial charge in [-0.15, -0.1) is 0 Å². The molecule has 1 saturated heterocycles. The Balaban J connectivity index is 1.72. The highest BCUT2D eigenvalue weighted by Crippen LogP contribution is 2.28. The maximum absolute atomic E-state index is 12.6. The normalized spacial score (nSPS) is 17.2. The molecule has 0 aromatic heterocycles. The number of rotatable bonds is 5. The van der Waals surface area contributed by atoms with E-state index < -0.39 is 5.97 Å². The van der Waals surface area contributed by atoms with E-state index in [1.54, 1.807) is 19.2 Å². The molecule has 0 saturated carbocycles. The van der Waals surface area contributed by atoms with E-state index in [1.807, 2.05) is 29.2 Å². The summed E-state index contributed by atoms with van der Waals surface area (Å²) in [5, 5.41) is 1.60. The van der Waals surface area contributed by atoms with Gasteiger partial charge in [0.25, 0.3) is 5.91 Å². The van der Waals surface area contributed by atoms with Gasteiger partial charge in [-0.25, -0.2) is 4.79 Å². The van der Waals surface area contributed by atoms with Crippen molar-refractivity contribution in [1.29, 1.82) is 0 Å². The summed E-state index contributed by atoms with van der Waals surface area (Å²) < 4.78 is 10.7. The van der Waals surface area contributed by atoms with Gasteiger partial charge in [-0.05, 0) is 43.2 Å². The van der Waals surface area contributed by atoms with E-state index in [1.165, 1.54) is 0 Å². The molecule has 0 bridgehead atoms. The molecule has 1 aliphatic heterocycles. The Morgan fingerprint density at radius 1 is 1.12 bits per heavy atom. The quantitative estimate of drug-likeness (QED) is 0.766. The zero-order valence-electron chi connectivity index (χ0n) is 15.4. The van der Waals surface area contributed by atoms with Crippen LogP contribution in [0.25, 0.3) is 10.8 Å². The van der Waals surface area contributed by atoms with Crippen LogP contribution in [0.15, 0.2) is 36.4 Å². The highest BCUT2D eigenvalue weighted by Gasteiger charge is 2.26. The first-order chi connectivity index (χ1) is 12.7. The Kier molecular flexibility index (Phi) is 5.76. The van der Waals surface area contributed by atoms with Gasteiger partial charge in [0.2, 0.25) is 0 Å². The molecule has 0 unspecified atom stereocenters. The van der Waals surface area contributed by atoms with Gasteiger partial charge >= 0.3 is 5.97 Å². The first-order valence-electron chi connectivity index (χ1n) is 9.18. The van der Waals surface area contributed by atoms with Crippen LogP contribution in [0, 0.1) is 0 Å². The second-order valence-electron chi connectivity index (χ2n) is 6.58. The lowest BCUT2D eigenvalue weighted by atomic mass is 10.00. The molecule has 1 amide bonds. The van der Waals surface area contributed by atoms with E-state index in [-0.39, 0.29) is 18.6 Å². The van der Waals surface area contributed by atoms with Gasteiger partial charge in [0.15, 0.2) is 6.61 Å². The number of fused-ring (bicyclic) bond motifs is 1. The number of amides is 1. The predicted octanol–water partition coefficient (Wildman–Crippen LogP) is 3.80. The van der Waals surface area contributed by atoms with E-state index >= 15 is 0 Å². The van der Waals surface area contributed by atoms with E-state index in [4.69, 9.17) is 9.47 Å². The molecule has 2 aromatic rings. The van der Waals surface area contributed by atoms with Crippen LogP contribution in [0.5, 0.6) is 5.75 Å². The van der Waals surface area contributed by atoms with E-state index in [0.29, 0.717) is 11.3 Å². The van der Waals surface area contributed by atoms with Crippen LogP contribution in [0.1, 0.15) is 43.0 Å². The third-order valence-electron chi connectivity index (χ3n) is 5.07. The van der Waals surface area contributed by atoms with Gasteiger partial charge in [-0.2, -0.15) is 0 Å². The van der Waals surface area contributed by atoms with Crippen LogP contribution in [-0.4, -0.2) is 43.1 Å². The Morgan fingerprint density at radius 3 is 2.62 bits per heavy atom. The summed E-state index contributed by atoms with van der Waals surface area (Å²) >= 11 is 0. The lowest BCUT2D eigenvalue weighted by Crippen LogP contribution is -2.45. The van der Waals surface area contributed by atoms with Crippen molar-refractivity contribution in [2.75, 3.05) is 20.3 Å². The maximum Gasteiger partial charge on any atom is 0.339 e. The molecule has 26 heavy (non-hydrogen) atoms. The minimum atomic E-state index is -0.484. The topological polar surface area (TPSA) is 55.8 Å². The lowest BCUT2D eigenvalue weighted by molar-refractivity contribution is -0.138. The zero-order valence-corrected chi connectivity index (χ0v) is 15.4. The number of methoxy groups -OCH3 is 1. The summed E-state index contributed by atoms with van der Waals surface area (Å²) in [6, 6.07) is 11.2. The van der Waals surface area contributed by atoms with Crippen LogP contribution in [0.3, 0.4) is 0 Å². The van der Waals surface area contributed by atoms with Crippen molar-refractivity contribution in [3.05, 3.63) is 42.0 Å². The fraction of sp³-hybridized carbons (Fsp3) is 0.429. The monoisotopic (exact) mass is 355 g/mol. The molecule has 0 N–H and O–H groups in total. The van der Waals surface area contributed by atoms with Crippen molar-refractivity contribution >= 4 is 22.6 Å². The molecule has 0 spiro atoms. The van der Waals surface area contributed by atoms with E-state index in [9.17, 15) is 9.59 Å². The summed E-state index contributed by atoms with van der Waals surface area (Å²) in [6.45, 7) is 2.63. The van der Waals surface area contributed by atoms with Crippen LogP contribution < -0.4 is 4.74 Å². The number of carbonyl (C=O) groups excluding carboxylic acids is 2. The molecule has 1 heterocycles. The minimum absolute atomic E-state index is 0.109. The number of nitrogens with zero attached hydrogens (tertiary/aromatic N) is 1. The molecule has 5 heteroatoms. The fourth-order valence-electron chi connectivity index (χ4n) is 3.67. The largest absolute Gasteiger partial charge is 0.496 e. The molecule has 5 nitrogen and oxygen atoms in total. The van der Waals surface area contributed by atoms with Gasteiger partial charge in [0.05, 0.1) is 12.7 Å². The molecule has 1 aliphatic rings. The standard InChI is InChI=1S/C21H25NO4/c1-3-15-8-6-7-13-22(15)20(23)14-26-21(24)18-11-12-19(25-2)17-10-5-4-9-16(17)18/h4-5,9-12,15H,3,6-8,13-14H2,1-2H3/t15-/m0/s1. The Hall–Kier alpha value is -2.56. The Morgan fingerprint density at radius 2 is 1.88 bits per heavy atom. The average molecular weight is 355 g/mol. The summed E-state index contributed by atoms with van der Waals surface area (Å²) in [4.78, 5) is 26.9. The number of piperidine rings is 1. The van der Waals surface area contributed by atoms with E-state index in [2.05, 4.69) is 6.92 Å². The van der Waals surface area contributed by atoms with Gasteiger partial charge in [-0.3, -0.25) is 4.79 Å². The lowest BCUT2D eigenvalue weighted by Gasteiger charge is -2.35. The third-order valence-corrected chi connectivity index (χ3v) is 5.07. The summed E-state index contributed by atoms with van der Waals surface area (Å²) in [5.41, 5.74) is 0.444. The van der Waals surface area contributed by atoms with Gasteiger partial charge in [0, 0.05) is 18.0 Å². The first kappa shape index (κ1) is 18.2. The van der Waals surface area contributed by atoms with Crippen molar-refractivity contribution in [3.63, 3.8) is 0 Å². The van der Waals surface area contributed by atoms with Crippen LogP contribution in [-0.2, 0) is 9.53 Å². The number of esters is 1. The maximum atomic E-state index is 12.6. The minimum Gasteiger partial charge on any atom is -0.496 e. The molecule has 138 valence electrons. The van der Waals surface area contributed by atoms with Crippen LogP contribution in [0.4, 0.5) is 0 Å². The molecule has 1 fully saturated rings. The predicted molar refractivity (Wildman–Crippen MR) is 100 cm³/mol. The molecule has 1 atom stereocenters. The van der Waals surface area contributed by atoms with Crippen molar-refractivity contribution in [1.82, 2.24) is 4.90 Å². The molecule has 0 radical (unpaired) electrons. The molecule has 3 rings (SSSR count). The smallest absolute Gasteiger partial charge is 0.339 e. The van der Waals surface area contributed by atoms with Crippen LogP contribution >= 0.6 is 0 Å². The van der Waals surface area contributed by atoms with E-state index in [0.717, 1.165) is 43.0 Å². The SMILES string of the molecule is CC[C@H]1CCCCN1C(=O)COC(=O)c1ccc(OC)c2ccccc12. The highest BCUT2D eigenvalue weighted by atomic mass is 16.5. The highest BCUT2D eigenvalue weighted by molar-refractivity contribution is 6.06.